The largest absolute Gasteiger partial charge is 0.331 e. The first-order chi connectivity index (χ1) is 9.24. The van der Waals surface area contributed by atoms with Crippen molar-refractivity contribution in [2.45, 2.75) is 0 Å². The Labute approximate surface area is 115 Å². The van der Waals surface area contributed by atoms with E-state index in [0.29, 0.717) is 10.8 Å². The quantitative estimate of drug-likeness (QED) is 0.513. The zero-order chi connectivity index (χ0) is 13.5. The van der Waals surface area contributed by atoms with Crippen LogP contribution in [0.25, 0.3) is 0 Å². The van der Waals surface area contributed by atoms with Crippen LogP contribution in [-0.4, -0.2) is 16.3 Å². The summed E-state index contributed by atoms with van der Waals surface area (Å²) in [4.78, 5) is 3.90. The topological polar surface area (TPSA) is 49.3 Å². The number of thiocarbonyl (C=S) groups is 1. The Kier molecular flexibility index (Phi) is 4.52. The zero-order valence-electron chi connectivity index (χ0n) is 9.88. The number of hydrogen-bond acceptors (Lipinski definition) is 3. The fourth-order valence-electron chi connectivity index (χ4n) is 1.31. The average Bonchev–Trinajstić information content (AvgIpc) is 2.43. The molecule has 0 aliphatic rings. The van der Waals surface area contributed by atoms with E-state index in [4.69, 9.17) is 12.2 Å². The Morgan fingerprint density at radius 1 is 1.16 bits per heavy atom. The van der Waals surface area contributed by atoms with Crippen molar-refractivity contribution in [1.82, 2.24) is 10.4 Å². The highest BCUT2D eigenvalue weighted by atomic mass is 32.1. The second kappa shape index (κ2) is 6.55. The molecule has 1 heterocycles. The third-order valence-corrected chi connectivity index (χ3v) is 2.38. The predicted molar refractivity (Wildman–Crippen MR) is 77.6 cm³/mol. The molecule has 0 radical (unpaired) electrons. The minimum Gasteiger partial charge on any atom is -0.331 e. The molecule has 0 aliphatic heterocycles. The summed E-state index contributed by atoms with van der Waals surface area (Å²) in [6.45, 7) is 0. The van der Waals surface area contributed by atoms with E-state index in [1.807, 2.05) is 12.1 Å². The third-order valence-electron chi connectivity index (χ3n) is 2.19. The van der Waals surface area contributed by atoms with Crippen molar-refractivity contribution in [2.24, 2.45) is 5.10 Å². The van der Waals surface area contributed by atoms with Gasteiger partial charge in [-0.1, -0.05) is 0 Å². The number of pyridine rings is 1. The summed E-state index contributed by atoms with van der Waals surface area (Å²) in [6, 6.07) is 9.53. The number of halogens is 1. The lowest BCUT2D eigenvalue weighted by atomic mass is 10.3. The molecule has 1 aromatic heterocycles. The molecule has 19 heavy (non-hydrogen) atoms. The lowest BCUT2D eigenvalue weighted by molar-refractivity contribution is 0.628. The Morgan fingerprint density at radius 3 is 2.53 bits per heavy atom. The number of benzene rings is 1. The van der Waals surface area contributed by atoms with Gasteiger partial charge in [0.25, 0.3) is 0 Å². The van der Waals surface area contributed by atoms with Crippen molar-refractivity contribution >= 4 is 29.2 Å². The molecule has 0 atom stereocenters. The molecule has 1 aromatic carbocycles. The Hall–Kier alpha value is -2.34. The molecule has 0 spiro atoms. The number of rotatable bonds is 3. The fourth-order valence-corrected chi connectivity index (χ4v) is 1.48. The molecule has 0 saturated carbocycles. The van der Waals surface area contributed by atoms with Crippen molar-refractivity contribution in [3.8, 4) is 0 Å². The number of aromatic nitrogens is 1. The van der Waals surface area contributed by atoms with Crippen LogP contribution in [0.4, 0.5) is 10.1 Å². The lowest BCUT2D eigenvalue weighted by Gasteiger charge is -2.06. The highest BCUT2D eigenvalue weighted by molar-refractivity contribution is 7.80. The highest BCUT2D eigenvalue weighted by Gasteiger charge is 1.96. The molecule has 2 N–H and O–H groups in total. The van der Waals surface area contributed by atoms with E-state index in [1.54, 1.807) is 30.7 Å². The van der Waals surface area contributed by atoms with E-state index in [2.05, 4.69) is 20.8 Å². The van der Waals surface area contributed by atoms with Crippen LogP contribution in [0.15, 0.2) is 53.9 Å². The molecule has 96 valence electrons. The van der Waals surface area contributed by atoms with Crippen molar-refractivity contribution < 1.29 is 4.39 Å². The second-order valence-corrected chi connectivity index (χ2v) is 4.02. The monoisotopic (exact) mass is 274 g/mol. The number of hydrazone groups is 1. The minimum atomic E-state index is -0.292. The highest BCUT2D eigenvalue weighted by Crippen LogP contribution is 2.07. The first-order valence-electron chi connectivity index (χ1n) is 5.50. The van der Waals surface area contributed by atoms with Crippen LogP contribution in [0.3, 0.4) is 0 Å². The molecule has 0 fully saturated rings. The van der Waals surface area contributed by atoms with Gasteiger partial charge in [-0.25, -0.2) is 4.39 Å². The van der Waals surface area contributed by atoms with Crippen LogP contribution >= 0.6 is 12.2 Å². The predicted octanol–water partition coefficient (Wildman–Crippen LogP) is 2.54. The fraction of sp³-hybridized carbons (Fsp3) is 0. The maximum Gasteiger partial charge on any atom is 0.191 e. The Morgan fingerprint density at radius 2 is 1.84 bits per heavy atom. The average molecular weight is 274 g/mol. The van der Waals surface area contributed by atoms with E-state index in [0.717, 1.165) is 5.56 Å². The van der Waals surface area contributed by atoms with Gasteiger partial charge >= 0.3 is 0 Å². The van der Waals surface area contributed by atoms with Crippen LogP contribution in [0.5, 0.6) is 0 Å². The van der Waals surface area contributed by atoms with E-state index in [1.165, 1.54) is 12.1 Å². The standard InChI is InChI=1S/C13H11FN4S/c14-11-1-3-12(4-2-11)17-13(19)18-16-9-10-5-7-15-8-6-10/h1-9H,(H2,17,18,19)/b16-9+. The summed E-state index contributed by atoms with van der Waals surface area (Å²) in [5.41, 5.74) is 4.27. The van der Waals surface area contributed by atoms with Gasteiger partial charge in [-0.15, -0.1) is 0 Å². The van der Waals surface area contributed by atoms with Gasteiger partial charge in [-0.2, -0.15) is 5.10 Å². The van der Waals surface area contributed by atoms with Crippen molar-refractivity contribution in [3.05, 3.63) is 60.2 Å². The summed E-state index contributed by atoms with van der Waals surface area (Å²) >= 11 is 5.04. The molecule has 2 aromatic rings. The molecule has 6 heteroatoms. The van der Waals surface area contributed by atoms with Gasteiger partial charge in [0.05, 0.1) is 6.21 Å². The van der Waals surface area contributed by atoms with Gasteiger partial charge in [-0.3, -0.25) is 10.4 Å². The van der Waals surface area contributed by atoms with Gasteiger partial charge in [0.15, 0.2) is 5.11 Å². The number of nitrogens with one attached hydrogen (secondary N) is 2. The molecule has 0 aliphatic carbocycles. The van der Waals surface area contributed by atoms with Crippen LogP contribution in [0.1, 0.15) is 5.56 Å². The van der Waals surface area contributed by atoms with Crippen LogP contribution in [-0.2, 0) is 0 Å². The summed E-state index contributed by atoms with van der Waals surface area (Å²) < 4.78 is 12.7. The van der Waals surface area contributed by atoms with Crippen LogP contribution < -0.4 is 10.7 Å². The molecule has 0 bridgehead atoms. The minimum absolute atomic E-state index is 0.292. The van der Waals surface area contributed by atoms with Gasteiger partial charge in [-0.05, 0) is 54.2 Å². The number of nitrogens with zero attached hydrogens (tertiary/aromatic N) is 2. The van der Waals surface area contributed by atoms with Crippen LogP contribution in [0.2, 0.25) is 0 Å². The summed E-state index contributed by atoms with van der Waals surface area (Å²) in [6.07, 6.45) is 4.98. The summed E-state index contributed by atoms with van der Waals surface area (Å²) in [5, 5.41) is 7.19. The van der Waals surface area contributed by atoms with Gasteiger partial charge < -0.3 is 5.32 Å². The third kappa shape index (κ3) is 4.44. The van der Waals surface area contributed by atoms with Gasteiger partial charge in [0, 0.05) is 18.1 Å². The summed E-state index contributed by atoms with van der Waals surface area (Å²) in [7, 11) is 0. The van der Waals surface area contributed by atoms with E-state index in [-0.39, 0.29) is 5.82 Å². The first kappa shape index (κ1) is 13.1. The Bertz CT molecular complexity index is 569. The van der Waals surface area contributed by atoms with E-state index >= 15 is 0 Å². The van der Waals surface area contributed by atoms with E-state index < -0.39 is 0 Å². The van der Waals surface area contributed by atoms with E-state index in [9.17, 15) is 4.39 Å². The van der Waals surface area contributed by atoms with Gasteiger partial charge in [0.2, 0.25) is 0 Å². The zero-order valence-corrected chi connectivity index (χ0v) is 10.7. The van der Waals surface area contributed by atoms with Crippen LogP contribution in [0, 0.1) is 5.82 Å². The SMILES string of the molecule is Fc1ccc(NC(=S)N/N=C/c2ccncc2)cc1. The molecular formula is C13H11FN4S. The molecule has 4 nitrogen and oxygen atoms in total. The molecule has 0 unspecified atom stereocenters. The van der Waals surface area contributed by atoms with Crippen molar-refractivity contribution in [2.75, 3.05) is 5.32 Å². The molecule has 0 saturated heterocycles. The number of hydrogen-bond donors (Lipinski definition) is 2. The Balaban J connectivity index is 1.85. The maximum atomic E-state index is 12.7. The van der Waals surface area contributed by atoms with Crippen molar-refractivity contribution in [1.29, 1.82) is 0 Å². The van der Waals surface area contributed by atoms with Crippen molar-refractivity contribution in [3.63, 3.8) is 0 Å². The maximum absolute atomic E-state index is 12.7. The normalized spacial score (nSPS) is 10.4. The molecular weight excluding hydrogens is 263 g/mol. The lowest BCUT2D eigenvalue weighted by Crippen LogP contribution is -2.23. The molecule has 0 amide bonds. The smallest absolute Gasteiger partial charge is 0.191 e. The second-order valence-electron chi connectivity index (χ2n) is 3.61. The van der Waals surface area contributed by atoms with Gasteiger partial charge in [0.1, 0.15) is 5.82 Å². The summed E-state index contributed by atoms with van der Waals surface area (Å²) in [5.74, 6) is -0.292. The number of anilines is 1. The first-order valence-corrected chi connectivity index (χ1v) is 5.90. The molecule has 2 rings (SSSR count).